The second-order valence-corrected chi connectivity index (χ2v) is 6.07. The highest BCUT2D eigenvalue weighted by atomic mass is 16.5. The monoisotopic (exact) mass is 273 g/mol. The maximum Gasteiger partial charge on any atom is 0.226 e. The topological polar surface area (TPSA) is 29.5 Å². The van der Waals surface area contributed by atoms with Crippen LogP contribution in [0.1, 0.15) is 36.8 Å². The summed E-state index contributed by atoms with van der Waals surface area (Å²) in [5, 5.41) is 0. The van der Waals surface area contributed by atoms with E-state index in [2.05, 4.69) is 36.1 Å². The first-order chi connectivity index (χ1) is 9.74. The standard InChI is InChI=1S/C17H23NO2/c1-13-2-4-14(5-3-13)12-18(16-6-7-16)17(19)15-8-10-20-11-9-15/h2-5,15-16H,6-12H2,1H3. The molecule has 1 saturated heterocycles. The Balaban J connectivity index is 1.68. The van der Waals surface area contributed by atoms with Gasteiger partial charge in [-0.25, -0.2) is 0 Å². The van der Waals surface area contributed by atoms with Crippen LogP contribution >= 0.6 is 0 Å². The van der Waals surface area contributed by atoms with Crippen molar-refractivity contribution in [2.45, 2.75) is 45.2 Å². The minimum absolute atomic E-state index is 0.176. The Hall–Kier alpha value is -1.35. The average molecular weight is 273 g/mol. The number of rotatable bonds is 4. The summed E-state index contributed by atoms with van der Waals surface area (Å²) in [5.41, 5.74) is 2.50. The van der Waals surface area contributed by atoms with Crippen molar-refractivity contribution in [2.75, 3.05) is 13.2 Å². The van der Waals surface area contributed by atoms with Gasteiger partial charge in [-0.2, -0.15) is 0 Å². The molecule has 1 amide bonds. The van der Waals surface area contributed by atoms with Crippen molar-refractivity contribution >= 4 is 5.91 Å². The van der Waals surface area contributed by atoms with Crippen molar-refractivity contribution in [2.24, 2.45) is 5.92 Å². The van der Waals surface area contributed by atoms with Gasteiger partial charge in [-0.05, 0) is 38.2 Å². The van der Waals surface area contributed by atoms with Gasteiger partial charge in [0.05, 0.1) is 0 Å². The van der Waals surface area contributed by atoms with Gasteiger partial charge in [-0.3, -0.25) is 4.79 Å². The number of benzene rings is 1. The van der Waals surface area contributed by atoms with Crippen LogP contribution in [-0.2, 0) is 16.1 Å². The molecule has 1 saturated carbocycles. The number of nitrogens with zero attached hydrogens (tertiary/aromatic N) is 1. The van der Waals surface area contributed by atoms with Crippen LogP contribution in [0.5, 0.6) is 0 Å². The summed E-state index contributed by atoms with van der Waals surface area (Å²) in [7, 11) is 0. The van der Waals surface area contributed by atoms with E-state index in [1.807, 2.05) is 0 Å². The lowest BCUT2D eigenvalue weighted by atomic mass is 9.98. The van der Waals surface area contributed by atoms with Gasteiger partial charge in [-0.15, -0.1) is 0 Å². The fourth-order valence-electron chi connectivity index (χ4n) is 2.84. The number of hydrogen-bond acceptors (Lipinski definition) is 2. The lowest BCUT2D eigenvalue weighted by Crippen LogP contribution is -2.39. The third-order valence-corrected chi connectivity index (χ3v) is 4.31. The highest BCUT2D eigenvalue weighted by Crippen LogP contribution is 2.31. The van der Waals surface area contributed by atoms with Gasteiger partial charge in [0.25, 0.3) is 0 Å². The summed E-state index contributed by atoms with van der Waals surface area (Å²) in [5.74, 6) is 0.520. The maximum atomic E-state index is 12.7. The van der Waals surface area contributed by atoms with Gasteiger partial charge >= 0.3 is 0 Å². The molecular weight excluding hydrogens is 250 g/mol. The number of carbonyl (C=O) groups excluding carboxylic acids is 1. The molecule has 1 aliphatic carbocycles. The average Bonchev–Trinajstić information content (AvgIpc) is 3.31. The van der Waals surface area contributed by atoms with E-state index in [9.17, 15) is 4.79 Å². The molecule has 3 rings (SSSR count). The van der Waals surface area contributed by atoms with Crippen LogP contribution in [0.4, 0.5) is 0 Å². The van der Waals surface area contributed by atoms with Gasteiger partial charge in [0.2, 0.25) is 5.91 Å². The number of amides is 1. The third kappa shape index (κ3) is 3.21. The van der Waals surface area contributed by atoms with Crippen LogP contribution in [0.3, 0.4) is 0 Å². The summed E-state index contributed by atoms with van der Waals surface area (Å²) in [4.78, 5) is 14.8. The van der Waals surface area contributed by atoms with Crippen LogP contribution in [0.15, 0.2) is 24.3 Å². The van der Waals surface area contributed by atoms with Gasteiger partial charge in [-0.1, -0.05) is 29.8 Å². The van der Waals surface area contributed by atoms with Gasteiger partial charge in [0.15, 0.2) is 0 Å². The smallest absolute Gasteiger partial charge is 0.226 e. The molecule has 0 radical (unpaired) electrons. The van der Waals surface area contributed by atoms with Crippen molar-refractivity contribution in [3.63, 3.8) is 0 Å². The van der Waals surface area contributed by atoms with E-state index in [1.54, 1.807) is 0 Å². The molecule has 1 aromatic carbocycles. The third-order valence-electron chi connectivity index (χ3n) is 4.31. The Kier molecular flexibility index (Phi) is 4.06. The van der Waals surface area contributed by atoms with Crippen LogP contribution in [0.25, 0.3) is 0 Å². The molecule has 20 heavy (non-hydrogen) atoms. The minimum atomic E-state index is 0.176. The summed E-state index contributed by atoms with van der Waals surface area (Å²) in [6.45, 7) is 4.33. The van der Waals surface area contributed by atoms with Crippen molar-refractivity contribution in [1.82, 2.24) is 4.90 Å². The van der Waals surface area contributed by atoms with Crippen LogP contribution in [-0.4, -0.2) is 30.1 Å². The molecular formula is C17H23NO2. The Morgan fingerprint density at radius 1 is 1.15 bits per heavy atom. The van der Waals surface area contributed by atoms with Crippen molar-refractivity contribution in [3.05, 3.63) is 35.4 Å². The fraction of sp³-hybridized carbons (Fsp3) is 0.588. The highest BCUT2D eigenvalue weighted by Gasteiger charge is 2.36. The minimum Gasteiger partial charge on any atom is -0.381 e. The molecule has 0 aromatic heterocycles. The van der Waals surface area contributed by atoms with E-state index in [4.69, 9.17) is 4.74 Å². The number of carbonyl (C=O) groups is 1. The zero-order valence-electron chi connectivity index (χ0n) is 12.2. The molecule has 1 aromatic rings. The maximum absolute atomic E-state index is 12.7. The molecule has 2 fully saturated rings. The Morgan fingerprint density at radius 3 is 2.40 bits per heavy atom. The second kappa shape index (κ2) is 5.96. The van der Waals surface area contributed by atoms with E-state index in [1.165, 1.54) is 24.0 Å². The lowest BCUT2D eigenvalue weighted by molar-refractivity contribution is -0.139. The highest BCUT2D eigenvalue weighted by molar-refractivity contribution is 5.79. The molecule has 0 atom stereocenters. The first-order valence-electron chi connectivity index (χ1n) is 7.68. The van der Waals surface area contributed by atoms with Crippen molar-refractivity contribution < 1.29 is 9.53 Å². The van der Waals surface area contributed by atoms with Crippen LogP contribution < -0.4 is 0 Å². The van der Waals surface area contributed by atoms with Crippen LogP contribution in [0, 0.1) is 12.8 Å². The van der Waals surface area contributed by atoms with E-state index in [0.29, 0.717) is 11.9 Å². The molecule has 108 valence electrons. The van der Waals surface area contributed by atoms with E-state index in [-0.39, 0.29) is 5.92 Å². The molecule has 0 unspecified atom stereocenters. The zero-order chi connectivity index (χ0) is 13.9. The van der Waals surface area contributed by atoms with Crippen molar-refractivity contribution in [3.8, 4) is 0 Å². The predicted octanol–water partition coefficient (Wildman–Crippen LogP) is 2.91. The summed E-state index contributed by atoms with van der Waals surface area (Å²) >= 11 is 0. The largest absolute Gasteiger partial charge is 0.381 e. The number of ether oxygens (including phenoxy) is 1. The first kappa shape index (κ1) is 13.6. The van der Waals surface area contributed by atoms with E-state index in [0.717, 1.165) is 32.6 Å². The number of aryl methyl sites for hydroxylation is 1. The SMILES string of the molecule is Cc1ccc(CN(C(=O)C2CCOCC2)C2CC2)cc1. The zero-order valence-corrected chi connectivity index (χ0v) is 12.2. The lowest BCUT2D eigenvalue weighted by Gasteiger charge is -2.29. The van der Waals surface area contributed by atoms with Gasteiger partial charge in [0.1, 0.15) is 0 Å². The quantitative estimate of drug-likeness (QED) is 0.844. The normalized spacial score (nSPS) is 19.9. The second-order valence-electron chi connectivity index (χ2n) is 6.07. The van der Waals surface area contributed by atoms with Gasteiger partial charge < -0.3 is 9.64 Å². The molecule has 2 aliphatic rings. The number of hydrogen-bond donors (Lipinski definition) is 0. The Labute approximate surface area is 120 Å². The fourth-order valence-corrected chi connectivity index (χ4v) is 2.84. The predicted molar refractivity (Wildman–Crippen MR) is 78.3 cm³/mol. The molecule has 1 heterocycles. The first-order valence-corrected chi connectivity index (χ1v) is 7.68. The summed E-state index contributed by atoms with van der Waals surface area (Å²) < 4.78 is 5.37. The van der Waals surface area contributed by atoms with Crippen LogP contribution in [0.2, 0.25) is 0 Å². The Morgan fingerprint density at radius 2 is 1.80 bits per heavy atom. The molecule has 0 bridgehead atoms. The van der Waals surface area contributed by atoms with E-state index >= 15 is 0 Å². The molecule has 1 aliphatic heterocycles. The molecule has 3 heteroatoms. The van der Waals surface area contributed by atoms with Gasteiger partial charge in [0, 0.05) is 31.7 Å². The molecule has 0 N–H and O–H groups in total. The Bertz CT molecular complexity index is 458. The summed E-state index contributed by atoms with van der Waals surface area (Å²) in [6.07, 6.45) is 4.10. The van der Waals surface area contributed by atoms with Crippen molar-refractivity contribution in [1.29, 1.82) is 0 Å². The van der Waals surface area contributed by atoms with E-state index < -0.39 is 0 Å². The molecule has 3 nitrogen and oxygen atoms in total. The molecule has 0 spiro atoms. The summed E-state index contributed by atoms with van der Waals surface area (Å²) in [6, 6.07) is 9.01.